The topological polar surface area (TPSA) is 58.9 Å². The van der Waals surface area contributed by atoms with Crippen molar-refractivity contribution >= 4 is 0 Å². The molecule has 0 aliphatic heterocycles. The van der Waals surface area contributed by atoms with Gasteiger partial charge in [-0.3, -0.25) is 0 Å². The van der Waals surface area contributed by atoms with Gasteiger partial charge in [0, 0.05) is 5.41 Å². The van der Waals surface area contributed by atoms with Gasteiger partial charge in [-0.25, -0.2) is 0 Å². The molecule has 0 amide bonds. The lowest BCUT2D eigenvalue weighted by atomic mass is 9.69. The predicted molar refractivity (Wildman–Crippen MR) is 113 cm³/mol. The minimum Gasteiger partial charge on any atom is -0.491 e. The molecule has 2 aromatic carbocycles. The summed E-state index contributed by atoms with van der Waals surface area (Å²) in [5.41, 5.74) is 2.51. The van der Waals surface area contributed by atoms with E-state index in [0.717, 1.165) is 24.3 Å². The molecule has 0 saturated heterocycles. The Labute approximate surface area is 169 Å². The first-order valence-electron chi connectivity index (χ1n) is 10.4. The van der Waals surface area contributed by atoms with Crippen LogP contribution >= 0.6 is 0 Å². The van der Waals surface area contributed by atoms with Crippen LogP contribution in [0.3, 0.4) is 0 Å². The Morgan fingerprint density at radius 3 is 1.54 bits per heavy atom. The first kappa shape index (κ1) is 22.3. The molecule has 2 N–H and O–H groups in total. The summed E-state index contributed by atoms with van der Waals surface area (Å²) in [7, 11) is 0. The molecule has 4 nitrogen and oxygen atoms in total. The van der Waals surface area contributed by atoms with Crippen molar-refractivity contribution in [3.63, 3.8) is 0 Å². The molecule has 0 saturated carbocycles. The van der Waals surface area contributed by atoms with Crippen LogP contribution < -0.4 is 9.47 Å². The van der Waals surface area contributed by atoms with Crippen molar-refractivity contribution in [2.24, 2.45) is 0 Å². The maximum atomic E-state index is 8.95. The van der Waals surface area contributed by atoms with Crippen LogP contribution in [0.4, 0.5) is 0 Å². The summed E-state index contributed by atoms with van der Waals surface area (Å²) < 4.78 is 11.1. The van der Waals surface area contributed by atoms with Crippen LogP contribution in [0.1, 0.15) is 57.1 Å². The predicted octanol–water partition coefficient (Wildman–Crippen LogP) is 4.71. The van der Waals surface area contributed by atoms with Crippen LogP contribution in [0.15, 0.2) is 48.5 Å². The maximum Gasteiger partial charge on any atom is 0.119 e. The molecule has 2 aromatic rings. The van der Waals surface area contributed by atoms with Gasteiger partial charge in [-0.05, 0) is 48.2 Å². The fourth-order valence-electron chi connectivity index (χ4n) is 3.78. The van der Waals surface area contributed by atoms with E-state index in [2.05, 4.69) is 38.1 Å². The summed E-state index contributed by atoms with van der Waals surface area (Å²) in [5, 5.41) is 17.9. The zero-order valence-corrected chi connectivity index (χ0v) is 17.2. The Bertz CT molecular complexity index is 613. The van der Waals surface area contributed by atoms with E-state index < -0.39 is 0 Å². The number of aliphatic hydroxyl groups is 2. The van der Waals surface area contributed by atoms with E-state index in [-0.39, 0.29) is 18.6 Å². The molecule has 0 unspecified atom stereocenters. The lowest BCUT2D eigenvalue weighted by Gasteiger charge is -2.35. The van der Waals surface area contributed by atoms with Crippen LogP contribution in [0.5, 0.6) is 11.5 Å². The van der Waals surface area contributed by atoms with Crippen molar-refractivity contribution in [3.8, 4) is 11.5 Å². The Morgan fingerprint density at radius 1 is 0.714 bits per heavy atom. The van der Waals surface area contributed by atoms with Gasteiger partial charge in [0.2, 0.25) is 0 Å². The number of ether oxygens (including phenoxy) is 2. The second-order valence-electron chi connectivity index (χ2n) is 7.09. The molecule has 0 fully saturated rings. The lowest BCUT2D eigenvalue weighted by Crippen LogP contribution is -2.27. The molecule has 0 radical (unpaired) electrons. The summed E-state index contributed by atoms with van der Waals surface area (Å²) in [6, 6.07) is 16.6. The van der Waals surface area contributed by atoms with Gasteiger partial charge in [0.25, 0.3) is 0 Å². The van der Waals surface area contributed by atoms with Gasteiger partial charge in [0.1, 0.15) is 24.7 Å². The van der Waals surface area contributed by atoms with Gasteiger partial charge in [-0.15, -0.1) is 0 Å². The minimum atomic E-state index is -0.0554. The average Bonchev–Trinajstić information content (AvgIpc) is 2.75. The van der Waals surface area contributed by atoms with E-state index in [1.807, 2.05) is 24.3 Å². The smallest absolute Gasteiger partial charge is 0.119 e. The molecule has 4 heteroatoms. The minimum absolute atomic E-state index is 0.0162. The summed E-state index contributed by atoms with van der Waals surface area (Å²) in [5.74, 6) is 1.56. The van der Waals surface area contributed by atoms with E-state index in [1.165, 1.54) is 30.4 Å². The van der Waals surface area contributed by atoms with E-state index in [1.54, 1.807) is 0 Å². The fourth-order valence-corrected chi connectivity index (χ4v) is 3.78. The highest BCUT2D eigenvalue weighted by Gasteiger charge is 2.32. The molecule has 28 heavy (non-hydrogen) atoms. The Hall–Kier alpha value is -2.04. The molecule has 2 rings (SSSR count). The third-order valence-electron chi connectivity index (χ3n) is 5.34. The molecule has 0 atom stereocenters. The van der Waals surface area contributed by atoms with E-state index in [0.29, 0.717) is 13.2 Å². The molecular formula is C24H34O4. The van der Waals surface area contributed by atoms with Crippen molar-refractivity contribution in [3.05, 3.63) is 59.7 Å². The Morgan fingerprint density at radius 2 is 1.18 bits per heavy atom. The molecule has 154 valence electrons. The van der Waals surface area contributed by atoms with Crippen LogP contribution in [0, 0.1) is 0 Å². The van der Waals surface area contributed by atoms with Crippen molar-refractivity contribution in [1.82, 2.24) is 0 Å². The van der Waals surface area contributed by atoms with Gasteiger partial charge in [-0.1, -0.05) is 57.4 Å². The van der Waals surface area contributed by atoms with Crippen molar-refractivity contribution < 1.29 is 19.7 Å². The van der Waals surface area contributed by atoms with Crippen LogP contribution in [-0.2, 0) is 5.41 Å². The van der Waals surface area contributed by atoms with Crippen molar-refractivity contribution in [2.75, 3.05) is 26.4 Å². The summed E-state index contributed by atoms with van der Waals surface area (Å²) in [6.45, 7) is 5.13. The van der Waals surface area contributed by atoms with Gasteiger partial charge in [-0.2, -0.15) is 0 Å². The fraction of sp³-hybridized carbons (Fsp3) is 0.500. The van der Waals surface area contributed by atoms with Gasteiger partial charge in [0.15, 0.2) is 0 Å². The summed E-state index contributed by atoms with van der Waals surface area (Å²) in [6.07, 6.45) is 5.68. The van der Waals surface area contributed by atoms with Crippen molar-refractivity contribution in [1.29, 1.82) is 0 Å². The van der Waals surface area contributed by atoms with Crippen LogP contribution in [0.25, 0.3) is 0 Å². The third kappa shape index (κ3) is 5.73. The highest BCUT2D eigenvalue weighted by molar-refractivity contribution is 5.43. The lowest BCUT2D eigenvalue weighted by molar-refractivity contribution is 0.201. The molecule has 0 aliphatic rings. The largest absolute Gasteiger partial charge is 0.491 e. The SMILES string of the molecule is CCCCCC(CC)(c1ccc(OCCO)cc1)c1ccc(OCCO)cc1. The Kier molecular flexibility index (Phi) is 9.32. The van der Waals surface area contributed by atoms with E-state index in [4.69, 9.17) is 19.7 Å². The highest BCUT2D eigenvalue weighted by Crippen LogP contribution is 2.41. The van der Waals surface area contributed by atoms with E-state index in [9.17, 15) is 0 Å². The van der Waals surface area contributed by atoms with Crippen molar-refractivity contribution in [2.45, 2.75) is 51.4 Å². The van der Waals surface area contributed by atoms with Gasteiger partial charge in [0.05, 0.1) is 13.2 Å². The van der Waals surface area contributed by atoms with E-state index >= 15 is 0 Å². The summed E-state index contributed by atoms with van der Waals surface area (Å²) in [4.78, 5) is 0. The standard InChI is InChI=1S/C24H34O4/c1-3-5-6-15-24(4-2,20-7-11-22(12-8-20)27-18-16-25)21-9-13-23(14-10-21)28-19-17-26/h7-14,25-26H,3-6,15-19H2,1-2H3. The quantitative estimate of drug-likeness (QED) is 0.490. The summed E-state index contributed by atoms with van der Waals surface area (Å²) >= 11 is 0. The molecular weight excluding hydrogens is 352 g/mol. The zero-order chi connectivity index (χ0) is 20.2. The molecule has 0 spiro atoms. The molecule has 0 bridgehead atoms. The van der Waals surface area contributed by atoms with Crippen LogP contribution in [-0.4, -0.2) is 36.6 Å². The third-order valence-corrected chi connectivity index (χ3v) is 5.34. The average molecular weight is 387 g/mol. The van der Waals surface area contributed by atoms with Gasteiger partial charge >= 0.3 is 0 Å². The molecule has 0 aromatic heterocycles. The number of unbranched alkanes of at least 4 members (excludes halogenated alkanes) is 2. The second kappa shape index (κ2) is 11.7. The monoisotopic (exact) mass is 386 g/mol. The van der Waals surface area contributed by atoms with Gasteiger partial charge < -0.3 is 19.7 Å². The first-order valence-corrected chi connectivity index (χ1v) is 10.4. The number of aliphatic hydroxyl groups excluding tert-OH is 2. The second-order valence-corrected chi connectivity index (χ2v) is 7.09. The van der Waals surface area contributed by atoms with Crippen LogP contribution in [0.2, 0.25) is 0 Å². The Balaban J connectivity index is 2.33. The maximum absolute atomic E-state index is 8.95. The zero-order valence-electron chi connectivity index (χ0n) is 17.2. The normalized spacial score (nSPS) is 11.4. The first-order chi connectivity index (χ1) is 13.7. The highest BCUT2D eigenvalue weighted by atomic mass is 16.5. The molecule has 0 heterocycles. The number of rotatable bonds is 13. The number of hydrogen-bond donors (Lipinski definition) is 2. The molecule has 0 aliphatic carbocycles. The number of hydrogen-bond acceptors (Lipinski definition) is 4. The number of benzene rings is 2.